The molecule has 1 aromatic heterocycles. The summed E-state index contributed by atoms with van der Waals surface area (Å²) in [4.78, 5) is 26.7. The zero-order valence-electron chi connectivity index (χ0n) is 17.4. The maximum absolute atomic E-state index is 12.7. The molecule has 1 amide bonds. The summed E-state index contributed by atoms with van der Waals surface area (Å²) < 4.78 is 26.1. The second-order valence-corrected chi connectivity index (χ2v) is 11.8. The summed E-state index contributed by atoms with van der Waals surface area (Å²) in [6.07, 6.45) is 5.08. The van der Waals surface area contributed by atoms with E-state index in [1.54, 1.807) is 23.1 Å². The van der Waals surface area contributed by atoms with Crippen molar-refractivity contribution in [2.45, 2.75) is 49.4 Å². The molecule has 1 fully saturated rings. The molecule has 0 spiro atoms. The second-order valence-electron chi connectivity index (χ2n) is 7.69. The van der Waals surface area contributed by atoms with E-state index in [0.717, 1.165) is 31.2 Å². The molecule has 0 saturated heterocycles. The predicted octanol–water partition coefficient (Wildman–Crippen LogP) is 3.13. The summed E-state index contributed by atoms with van der Waals surface area (Å²) in [5, 5.41) is 8.91. The average Bonchev–Trinajstić information content (AvgIpc) is 3.47. The van der Waals surface area contributed by atoms with Crippen LogP contribution < -0.4 is 9.21 Å². The van der Waals surface area contributed by atoms with Gasteiger partial charge in [0.15, 0.2) is 10.1 Å². The Labute approximate surface area is 190 Å². The van der Waals surface area contributed by atoms with Crippen molar-refractivity contribution in [2.24, 2.45) is 0 Å². The fourth-order valence-corrected chi connectivity index (χ4v) is 6.44. The van der Waals surface area contributed by atoms with Crippen molar-refractivity contribution in [2.75, 3.05) is 27.8 Å². The maximum Gasteiger partial charge on any atom is 0.232 e. The fraction of sp³-hybridized carbons (Fsp3) is 0.500. The van der Waals surface area contributed by atoms with E-state index >= 15 is 0 Å². The average molecular weight is 481 g/mol. The number of amides is 1. The highest BCUT2D eigenvalue weighted by Crippen LogP contribution is 2.36. The van der Waals surface area contributed by atoms with Gasteiger partial charge in [-0.2, -0.15) is 0 Å². The van der Waals surface area contributed by atoms with Crippen LogP contribution in [0, 0.1) is 0 Å². The first-order valence-electron chi connectivity index (χ1n) is 10.2. The lowest BCUT2D eigenvalue weighted by molar-refractivity contribution is -0.118. The number of hydrogen-bond donors (Lipinski definition) is 0. The van der Waals surface area contributed by atoms with E-state index in [-0.39, 0.29) is 23.5 Å². The highest BCUT2D eigenvalue weighted by Gasteiger charge is 2.35. The van der Waals surface area contributed by atoms with Gasteiger partial charge >= 0.3 is 0 Å². The Bertz CT molecular complexity index is 1110. The highest BCUT2D eigenvalue weighted by atomic mass is 32.2. The van der Waals surface area contributed by atoms with E-state index in [0.29, 0.717) is 33.7 Å². The SMILES string of the molecule is CCC(=O)N(c1nnc(SCC(=O)c2ccc3c(c2)CCCN3S(C)(=O)=O)s1)C1CC1. The number of anilines is 2. The summed E-state index contributed by atoms with van der Waals surface area (Å²) >= 11 is 2.64. The molecule has 1 aliphatic heterocycles. The molecular weight excluding hydrogens is 456 g/mol. The molecule has 2 aromatic rings. The van der Waals surface area contributed by atoms with Crippen molar-refractivity contribution in [1.29, 1.82) is 0 Å². The Hall–Kier alpha value is -1.98. The molecule has 0 N–H and O–H groups in total. The molecule has 0 unspecified atom stereocenters. The van der Waals surface area contributed by atoms with Crippen LogP contribution in [0.3, 0.4) is 0 Å². The number of ketones is 1. The van der Waals surface area contributed by atoms with Gasteiger partial charge < -0.3 is 0 Å². The van der Waals surface area contributed by atoms with Crippen LogP contribution in [0.2, 0.25) is 0 Å². The molecular formula is C20H24N4O4S3. The molecule has 1 saturated carbocycles. The number of hydrogen-bond acceptors (Lipinski definition) is 8. The van der Waals surface area contributed by atoms with E-state index in [4.69, 9.17) is 0 Å². The number of Topliss-reactive ketones (excluding diaryl/α,β-unsaturated/α-hetero) is 1. The van der Waals surface area contributed by atoms with E-state index in [9.17, 15) is 18.0 Å². The van der Waals surface area contributed by atoms with Crippen LogP contribution in [0.5, 0.6) is 0 Å². The van der Waals surface area contributed by atoms with Gasteiger partial charge in [-0.1, -0.05) is 30.0 Å². The fourth-order valence-electron chi connectivity index (χ4n) is 3.62. The van der Waals surface area contributed by atoms with Crippen LogP contribution in [-0.4, -0.2) is 54.9 Å². The quantitative estimate of drug-likeness (QED) is 0.325. The maximum atomic E-state index is 12.7. The Morgan fingerprint density at radius 3 is 2.74 bits per heavy atom. The number of thioether (sulfide) groups is 1. The molecule has 0 atom stereocenters. The van der Waals surface area contributed by atoms with Gasteiger partial charge in [-0.25, -0.2) is 8.42 Å². The molecule has 2 heterocycles. The van der Waals surface area contributed by atoms with Crippen molar-refractivity contribution in [3.8, 4) is 0 Å². The Balaban J connectivity index is 1.43. The van der Waals surface area contributed by atoms with Crippen molar-refractivity contribution in [3.05, 3.63) is 29.3 Å². The van der Waals surface area contributed by atoms with Gasteiger partial charge in [0, 0.05) is 24.6 Å². The summed E-state index contributed by atoms with van der Waals surface area (Å²) in [6.45, 7) is 2.30. The van der Waals surface area contributed by atoms with Crippen LogP contribution in [0.4, 0.5) is 10.8 Å². The molecule has 31 heavy (non-hydrogen) atoms. The number of sulfonamides is 1. The topological polar surface area (TPSA) is 101 Å². The van der Waals surface area contributed by atoms with E-state index < -0.39 is 10.0 Å². The third kappa shape index (κ3) is 4.93. The van der Waals surface area contributed by atoms with E-state index in [2.05, 4.69) is 10.2 Å². The minimum absolute atomic E-state index is 0.0449. The van der Waals surface area contributed by atoms with Crippen LogP contribution in [0.25, 0.3) is 0 Å². The van der Waals surface area contributed by atoms with Gasteiger partial charge in [-0.3, -0.25) is 18.8 Å². The van der Waals surface area contributed by atoms with Crippen molar-refractivity contribution < 1.29 is 18.0 Å². The highest BCUT2D eigenvalue weighted by molar-refractivity contribution is 8.01. The number of aromatic nitrogens is 2. The Kier molecular flexibility index (Phi) is 6.36. The molecule has 11 heteroatoms. The summed E-state index contributed by atoms with van der Waals surface area (Å²) in [7, 11) is -3.33. The Morgan fingerprint density at radius 1 is 1.29 bits per heavy atom. The van der Waals surface area contributed by atoms with Gasteiger partial charge in [0.25, 0.3) is 0 Å². The number of carbonyl (C=O) groups excluding carboxylic acids is 2. The molecule has 0 bridgehead atoms. The number of rotatable bonds is 8. The van der Waals surface area contributed by atoms with Crippen LogP contribution in [0.1, 0.15) is 48.5 Å². The van der Waals surface area contributed by atoms with Gasteiger partial charge in [0.05, 0.1) is 17.7 Å². The number of benzene rings is 1. The smallest absolute Gasteiger partial charge is 0.232 e. The van der Waals surface area contributed by atoms with Crippen LogP contribution in [-0.2, 0) is 21.2 Å². The number of nitrogens with zero attached hydrogens (tertiary/aromatic N) is 4. The largest absolute Gasteiger partial charge is 0.293 e. The third-order valence-electron chi connectivity index (χ3n) is 5.29. The predicted molar refractivity (Wildman–Crippen MR) is 123 cm³/mol. The first-order chi connectivity index (χ1) is 14.8. The molecule has 4 rings (SSSR count). The minimum atomic E-state index is -3.33. The van der Waals surface area contributed by atoms with Crippen molar-refractivity contribution in [3.63, 3.8) is 0 Å². The third-order valence-corrected chi connectivity index (χ3v) is 8.53. The molecule has 1 aliphatic carbocycles. The van der Waals surface area contributed by atoms with Gasteiger partial charge in [-0.15, -0.1) is 10.2 Å². The summed E-state index contributed by atoms with van der Waals surface area (Å²) in [5.74, 6) is 0.196. The number of fused-ring (bicyclic) bond motifs is 1. The lowest BCUT2D eigenvalue weighted by atomic mass is 9.99. The molecule has 8 nitrogen and oxygen atoms in total. The van der Waals surface area contributed by atoms with Gasteiger partial charge in [0.1, 0.15) is 0 Å². The molecule has 166 valence electrons. The number of aryl methyl sites for hydroxylation is 1. The van der Waals surface area contributed by atoms with E-state index in [1.807, 2.05) is 6.92 Å². The van der Waals surface area contributed by atoms with E-state index in [1.165, 1.54) is 33.7 Å². The van der Waals surface area contributed by atoms with Crippen molar-refractivity contribution >= 4 is 55.6 Å². The number of carbonyl (C=O) groups is 2. The minimum Gasteiger partial charge on any atom is -0.293 e. The first kappa shape index (κ1) is 22.2. The zero-order chi connectivity index (χ0) is 22.2. The van der Waals surface area contributed by atoms with Gasteiger partial charge in [0.2, 0.25) is 21.1 Å². The summed E-state index contributed by atoms with van der Waals surface area (Å²) in [6, 6.07) is 5.43. The molecule has 1 aromatic carbocycles. The normalized spacial score (nSPS) is 16.1. The first-order valence-corrected chi connectivity index (χ1v) is 13.8. The second kappa shape index (κ2) is 8.87. The lowest BCUT2D eigenvalue weighted by Gasteiger charge is -2.29. The summed E-state index contributed by atoms with van der Waals surface area (Å²) in [5.41, 5.74) is 2.10. The molecule has 2 aliphatic rings. The van der Waals surface area contributed by atoms with Crippen LogP contribution in [0.15, 0.2) is 22.5 Å². The molecule has 0 radical (unpaired) electrons. The van der Waals surface area contributed by atoms with Gasteiger partial charge in [-0.05, 0) is 49.4 Å². The monoisotopic (exact) mass is 480 g/mol. The lowest BCUT2D eigenvalue weighted by Crippen LogP contribution is -2.34. The van der Waals surface area contributed by atoms with Crippen molar-refractivity contribution in [1.82, 2.24) is 10.2 Å². The standard InChI is InChI=1S/C20H24N4O4S3/c1-3-18(26)24(15-7-8-15)19-21-22-20(30-19)29-12-17(25)14-6-9-16-13(11-14)5-4-10-23(16)31(2,27)28/h6,9,11,15H,3-5,7-8,10,12H2,1-2H3. The Morgan fingerprint density at radius 2 is 2.06 bits per heavy atom. The zero-order valence-corrected chi connectivity index (χ0v) is 19.9. The van der Waals surface area contributed by atoms with Crippen LogP contribution >= 0.6 is 23.1 Å².